The molecule has 0 radical (unpaired) electrons. The lowest BCUT2D eigenvalue weighted by Crippen LogP contribution is -2.36. The molecule has 0 aromatic heterocycles. The molecular formula is C21H22N4O5S. The van der Waals surface area contributed by atoms with E-state index in [0.717, 1.165) is 32.4 Å². The molecule has 3 rings (SSSR count). The number of hydrogen-bond acceptors (Lipinski definition) is 6. The van der Waals surface area contributed by atoms with Gasteiger partial charge in [-0.2, -0.15) is 0 Å². The van der Waals surface area contributed by atoms with Crippen LogP contribution >= 0.6 is 12.2 Å². The Labute approximate surface area is 184 Å². The molecule has 2 aromatic carbocycles. The number of carboxylic acids is 1. The van der Waals surface area contributed by atoms with E-state index in [-0.39, 0.29) is 22.8 Å². The quantitative estimate of drug-likeness (QED) is 0.353. The molecule has 1 amide bonds. The zero-order chi connectivity index (χ0) is 22.4. The van der Waals surface area contributed by atoms with Gasteiger partial charge in [-0.05, 0) is 55.2 Å². The minimum absolute atomic E-state index is 0.0343. The molecule has 2 aromatic rings. The smallest absolute Gasteiger partial charge is 0.307 e. The number of nitro benzene ring substituents is 1. The number of carbonyl (C=O) groups excluding carboxylic acids is 1. The van der Waals surface area contributed by atoms with Crippen LogP contribution in [0.2, 0.25) is 0 Å². The first-order chi connectivity index (χ1) is 14.8. The summed E-state index contributed by atoms with van der Waals surface area (Å²) in [4.78, 5) is 36.4. The number of aliphatic carboxylic acids is 1. The van der Waals surface area contributed by atoms with Crippen LogP contribution in [0.25, 0.3) is 0 Å². The molecule has 0 bridgehead atoms. The van der Waals surface area contributed by atoms with Crippen molar-refractivity contribution in [3.8, 4) is 0 Å². The third-order valence-corrected chi connectivity index (χ3v) is 5.13. The Morgan fingerprint density at radius 3 is 2.39 bits per heavy atom. The van der Waals surface area contributed by atoms with E-state index in [9.17, 15) is 19.7 Å². The van der Waals surface area contributed by atoms with Crippen molar-refractivity contribution in [3.05, 3.63) is 63.7 Å². The Morgan fingerprint density at radius 1 is 1.10 bits per heavy atom. The molecule has 3 N–H and O–H groups in total. The van der Waals surface area contributed by atoms with Gasteiger partial charge in [0.1, 0.15) is 0 Å². The zero-order valence-corrected chi connectivity index (χ0v) is 17.5. The number of nitrogens with one attached hydrogen (secondary N) is 2. The predicted octanol–water partition coefficient (Wildman–Crippen LogP) is 3.34. The summed E-state index contributed by atoms with van der Waals surface area (Å²) in [5.74, 6) is -1.46. The first-order valence-electron chi connectivity index (χ1n) is 9.80. The molecular weight excluding hydrogens is 420 g/mol. The van der Waals surface area contributed by atoms with Gasteiger partial charge in [0.2, 0.25) is 0 Å². The maximum absolute atomic E-state index is 12.9. The molecule has 0 unspecified atom stereocenters. The third kappa shape index (κ3) is 5.98. The number of anilines is 2. The second-order valence-electron chi connectivity index (χ2n) is 7.18. The van der Waals surface area contributed by atoms with E-state index in [2.05, 4.69) is 15.5 Å². The fraction of sp³-hybridized carbons (Fsp3) is 0.286. The highest BCUT2D eigenvalue weighted by Gasteiger charge is 2.22. The number of carboxylic acid groups (broad SMARTS) is 1. The molecule has 0 spiro atoms. The fourth-order valence-corrected chi connectivity index (χ4v) is 3.65. The van der Waals surface area contributed by atoms with Crippen LogP contribution in [0.4, 0.5) is 17.1 Å². The molecule has 1 heterocycles. The van der Waals surface area contributed by atoms with Crippen LogP contribution in [0.1, 0.15) is 35.2 Å². The van der Waals surface area contributed by atoms with Crippen LogP contribution in [-0.4, -0.2) is 40.1 Å². The van der Waals surface area contributed by atoms with Crippen LogP contribution in [-0.2, 0) is 11.2 Å². The maximum atomic E-state index is 12.9. The number of benzene rings is 2. The van der Waals surface area contributed by atoms with Crippen molar-refractivity contribution in [1.82, 2.24) is 5.32 Å². The van der Waals surface area contributed by atoms with Gasteiger partial charge in [0, 0.05) is 30.9 Å². The minimum atomic E-state index is -0.926. The fourth-order valence-electron chi connectivity index (χ4n) is 3.44. The molecule has 31 heavy (non-hydrogen) atoms. The Hall–Kier alpha value is -3.53. The molecule has 10 heteroatoms. The molecule has 162 valence electrons. The van der Waals surface area contributed by atoms with Crippen molar-refractivity contribution >= 4 is 46.3 Å². The number of rotatable bonds is 6. The SMILES string of the molecule is O=C(O)Cc1ccc(NC(=S)NC(=O)c2cc([N+](=O)[O-])ccc2N2CCCCC2)cc1. The van der Waals surface area contributed by atoms with E-state index in [1.165, 1.54) is 12.1 Å². The van der Waals surface area contributed by atoms with Crippen molar-refractivity contribution in [2.24, 2.45) is 0 Å². The summed E-state index contributed by atoms with van der Waals surface area (Å²) in [6.07, 6.45) is 3.02. The number of hydrogen-bond donors (Lipinski definition) is 3. The summed E-state index contributed by atoms with van der Waals surface area (Å²) in [5, 5.41) is 25.5. The number of piperidine rings is 1. The van der Waals surface area contributed by atoms with Gasteiger partial charge < -0.3 is 15.3 Å². The Morgan fingerprint density at radius 2 is 1.77 bits per heavy atom. The van der Waals surface area contributed by atoms with E-state index < -0.39 is 16.8 Å². The number of amides is 1. The van der Waals surface area contributed by atoms with Gasteiger partial charge in [0.25, 0.3) is 11.6 Å². The molecule has 1 saturated heterocycles. The van der Waals surface area contributed by atoms with Gasteiger partial charge in [-0.1, -0.05) is 12.1 Å². The highest BCUT2D eigenvalue weighted by Crippen LogP contribution is 2.28. The van der Waals surface area contributed by atoms with Crippen LogP contribution < -0.4 is 15.5 Å². The zero-order valence-electron chi connectivity index (χ0n) is 16.7. The van der Waals surface area contributed by atoms with E-state index in [4.69, 9.17) is 17.3 Å². The number of nitro groups is 1. The van der Waals surface area contributed by atoms with E-state index in [0.29, 0.717) is 16.9 Å². The summed E-state index contributed by atoms with van der Waals surface area (Å²) < 4.78 is 0. The Balaban J connectivity index is 1.73. The third-order valence-electron chi connectivity index (χ3n) is 4.93. The number of non-ortho nitro benzene ring substituents is 1. The van der Waals surface area contributed by atoms with Crippen molar-refractivity contribution in [2.75, 3.05) is 23.3 Å². The lowest BCUT2D eigenvalue weighted by Gasteiger charge is -2.30. The molecule has 1 fully saturated rings. The van der Waals surface area contributed by atoms with Gasteiger partial charge >= 0.3 is 5.97 Å². The van der Waals surface area contributed by atoms with Gasteiger partial charge in [-0.3, -0.25) is 25.0 Å². The summed E-state index contributed by atoms with van der Waals surface area (Å²) in [6.45, 7) is 1.56. The summed E-state index contributed by atoms with van der Waals surface area (Å²) >= 11 is 5.21. The average Bonchev–Trinajstić information content (AvgIpc) is 2.75. The van der Waals surface area contributed by atoms with Crippen LogP contribution in [0.15, 0.2) is 42.5 Å². The van der Waals surface area contributed by atoms with Crippen molar-refractivity contribution in [3.63, 3.8) is 0 Å². The lowest BCUT2D eigenvalue weighted by molar-refractivity contribution is -0.384. The van der Waals surface area contributed by atoms with Gasteiger partial charge in [0.15, 0.2) is 5.11 Å². The van der Waals surface area contributed by atoms with E-state index in [1.54, 1.807) is 30.3 Å². The highest BCUT2D eigenvalue weighted by molar-refractivity contribution is 7.80. The number of nitrogens with zero attached hydrogens (tertiary/aromatic N) is 2. The average molecular weight is 442 g/mol. The van der Waals surface area contributed by atoms with Crippen LogP contribution in [0.3, 0.4) is 0 Å². The van der Waals surface area contributed by atoms with Gasteiger partial charge in [-0.15, -0.1) is 0 Å². The Kier molecular flexibility index (Phi) is 7.14. The normalized spacial score (nSPS) is 13.4. The monoisotopic (exact) mass is 442 g/mol. The standard InChI is InChI=1S/C21H22N4O5S/c26-19(27)12-14-4-6-15(7-5-14)22-21(31)23-20(28)17-13-16(25(29)30)8-9-18(17)24-10-2-1-3-11-24/h4-9,13H,1-3,10-12H2,(H,26,27)(H2,22,23,28,31). The first kappa shape index (κ1) is 22.2. The topological polar surface area (TPSA) is 125 Å². The summed E-state index contributed by atoms with van der Waals surface area (Å²) in [7, 11) is 0. The van der Waals surface area contributed by atoms with Crippen molar-refractivity contribution in [1.29, 1.82) is 0 Å². The predicted molar refractivity (Wildman–Crippen MR) is 121 cm³/mol. The second-order valence-corrected chi connectivity index (χ2v) is 7.59. The first-order valence-corrected chi connectivity index (χ1v) is 10.2. The van der Waals surface area contributed by atoms with Crippen LogP contribution in [0.5, 0.6) is 0 Å². The van der Waals surface area contributed by atoms with Crippen molar-refractivity contribution < 1.29 is 19.6 Å². The van der Waals surface area contributed by atoms with E-state index >= 15 is 0 Å². The van der Waals surface area contributed by atoms with Crippen LogP contribution in [0, 0.1) is 10.1 Å². The number of thiocarbonyl (C=S) groups is 1. The Bertz CT molecular complexity index is 1000. The highest BCUT2D eigenvalue weighted by atomic mass is 32.1. The largest absolute Gasteiger partial charge is 0.481 e. The molecule has 0 atom stereocenters. The minimum Gasteiger partial charge on any atom is -0.481 e. The van der Waals surface area contributed by atoms with Crippen molar-refractivity contribution in [2.45, 2.75) is 25.7 Å². The summed E-state index contributed by atoms with van der Waals surface area (Å²) in [5.41, 5.74) is 1.88. The van der Waals surface area contributed by atoms with Gasteiger partial charge in [0.05, 0.1) is 22.6 Å². The lowest BCUT2D eigenvalue weighted by atomic mass is 10.1. The molecule has 9 nitrogen and oxygen atoms in total. The number of carbonyl (C=O) groups is 2. The molecule has 1 aliphatic rings. The molecule has 0 saturated carbocycles. The maximum Gasteiger partial charge on any atom is 0.307 e. The molecule has 1 aliphatic heterocycles. The molecule has 0 aliphatic carbocycles. The summed E-state index contributed by atoms with van der Waals surface area (Å²) in [6, 6.07) is 10.9. The second kappa shape index (κ2) is 9.98. The van der Waals surface area contributed by atoms with Gasteiger partial charge in [-0.25, -0.2) is 0 Å². The van der Waals surface area contributed by atoms with E-state index in [1.807, 2.05) is 0 Å².